The molecule has 0 unspecified atom stereocenters. The molecule has 0 aliphatic carbocycles. The maximum absolute atomic E-state index is 13.0. The Bertz CT molecular complexity index is 937. The van der Waals surface area contributed by atoms with Crippen LogP contribution in [-0.2, 0) is 9.59 Å². The van der Waals surface area contributed by atoms with Gasteiger partial charge in [0, 0.05) is 22.8 Å². The van der Waals surface area contributed by atoms with Gasteiger partial charge in [-0.2, -0.15) is 0 Å². The van der Waals surface area contributed by atoms with Crippen molar-refractivity contribution in [3.8, 4) is 5.75 Å². The second kappa shape index (κ2) is 7.93. The first-order valence-corrected chi connectivity index (χ1v) is 10.3. The summed E-state index contributed by atoms with van der Waals surface area (Å²) in [4.78, 5) is 27.3. The van der Waals surface area contributed by atoms with E-state index in [2.05, 4.69) is 23.6 Å². The molecule has 0 spiro atoms. The van der Waals surface area contributed by atoms with Crippen LogP contribution in [0.15, 0.2) is 41.3 Å². The van der Waals surface area contributed by atoms with Crippen molar-refractivity contribution in [2.45, 2.75) is 23.5 Å². The number of fused-ring (bicyclic) bond motifs is 2. The van der Waals surface area contributed by atoms with Crippen molar-refractivity contribution < 1.29 is 14.3 Å². The number of para-hydroxylation sites is 1. The minimum Gasteiger partial charge on any atom is -0.482 e. The first-order valence-electron chi connectivity index (χ1n) is 9.07. The second-order valence-corrected chi connectivity index (χ2v) is 8.64. The topological polar surface area (TPSA) is 70.7 Å². The lowest BCUT2D eigenvalue weighted by molar-refractivity contribution is -0.118. The fourth-order valence-electron chi connectivity index (χ4n) is 3.25. The summed E-state index contributed by atoms with van der Waals surface area (Å²) in [5.41, 5.74) is 2.08. The predicted octanol–water partition coefficient (Wildman–Crippen LogP) is 4.00. The molecule has 0 saturated carbocycles. The van der Waals surface area contributed by atoms with Gasteiger partial charge in [-0.1, -0.05) is 30.7 Å². The van der Waals surface area contributed by atoms with E-state index in [-0.39, 0.29) is 25.0 Å². The lowest BCUT2D eigenvalue weighted by Gasteiger charge is -2.24. The molecule has 0 bridgehead atoms. The molecular weight excluding hydrogens is 398 g/mol. The molecule has 1 atom stereocenters. The summed E-state index contributed by atoms with van der Waals surface area (Å²) in [5, 5.41) is 6.69. The number of hydrogen-bond donors (Lipinski definition) is 2. The zero-order chi connectivity index (χ0) is 19.7. The Kier molecular flexibility index (Phi) is 5.37. The normalized spacial score (nSPS) is 18.3. The van der Waals surface area contributed by atoms with Crippen LogP contribution in [0.3, 0.4) is 0 Å². The second-order valence-electron chi connectivity index (χ2n) is 6.75. The van der Waals surface area contributed by atoms with Crippen molar-refractivity contribution in [2.24, 2.45) is 0 Å². The molecule has 2 amide bonds. The maximum atomic E-state index is 13.0. The number of anilines is 3. The molecule has 0 fully saturated rings. The van der Waals surface area contributed by atoms with Crippen molar-refractivity contribution in [1.29, 1.82) is 0 Å². The highest BCUT2D eigenvalue weighted by Gasteiger charge is 2.24. The van der Waals surface area contributed by atoms with Crippen molar-refractivity contribution >= 4 is 52.2 Å². The quantitative estimate of drug-likeness (QED) is 0.789. The van der Waals surface area contributed by atoms with Crippen LogP contribution < -0.4 is 20.3 Å². The smallest absolute Gasteiger partial charge is 0.262 e. The Labute approximate surface area is 172 Å². The number of ether oxygens (including phenoxy) is 1. The molecule has 2 aliphatic rings. The number of carbonyl (C=O) groups excluding carboxylic acids is 2. The van der Waals surface area contributed by atoms with Crippen LogP contribution in [0.2, 0.25) is 5.02 Å². The van der Waals surface area contributed by atoms with E-state index in [0.717, 1.165) is 17.0 Å². The first-order chi connectivity index (χ1) is 13.5. The highest BCUT2D eigenvalue weighted by Crippen LogP contribution is 2.38. The number of halogens is 1. The van der Waals surface area contributed by atoms with E-state index >= 15 is 0 Å². The lowest BCUT2D eigenvalue weighted by atomic mass is 10.2. The molecular formula is C20H20ClN3O3S. The molecule has 0 aromatic heterocycles. The number of rotatable bonds is 3. The van der Waals surface area contributed by atoms with Gasteiger partial charge in [0.2, 0.25) is 5.91 Å². The first kappa shape index (κ1) is 19.0. The van der Waals surface area contributed by atoms with E-state index in [0.29, 0.717) is 33.9 Å². The zero-order valence-corrected chi connectivity index (χ0v) is 16.9. The molecule has 4 rings (SSSR count). The lowest BCUT2D eigenvalue weighted by Crippen LogP contribution is -2.36. The summed E-state index contributed by atoms with van der Waals surface area (Å²) >= 11 is 8.11. The van der Waals surface area contributed by atoms with Crippen molar-refractivity contribution in [3.05, 3.63) is 41.4 Å². The number of amides is 2. The number of hydrogen-bond acceptors (Lipinski definition) is 5. The van der Waals surface area contributed by atoms with E-state index < -0.39 is 0 Å². The molecule has 0 radical (unpaired) electrons. The molecule has 8 heteroatoms. The van der Waals surface area contributed by atoms with Gasteiger partial charge in [-0.25, -0.2) is 0 Å². The van der Waals surface area contributed by atoms with E-state index in [9.17, 15) is 9.59 Å². The molecule has 2 heterocycles. The number of nitrogens with one attached hydrogen (secondary N) is 2. The Hall–Kier alpha value is -2.38. The van der Waals surface area contributed by atoms with E-state index in [4.69, 9.17) is 16.3 Å². The zero-order valence-electron chi connectivity index (χ0n) is 15.3. The average molecular weight is 418 g/mol. The summed E-state index contributed by atoms with van der Waals surface area (Å²) < 4.78 is 5.42. The van der Waals surface area contributed by atoms with Gasteiger partial charge in [0.25, 0.3) is 5.91 Å². The fourth-order valence-corrected chi connectivity index (χ4v) is 4.59. The summed E-state index contributed by atoms with van der Waals surface area (Å²) in [6.45, 7) is 2.93. The maximum Gasteiger partial charge on any atom is 0.262 e. The van der Waals surface area contributed by atoms with Crippen LogP contribution in [0.1, 0.15) is 13.3 Å². The van der Waals surface area contributed by atoms with Crippen LogP contribution in [0.5, 0.6) is 5.75 Å². The molecule has 2 aromatic rings. The van der Waals surface area contributed by atoms with Crippen molar-refractivity contribution in [2.75, 3.05) is 35.2 Å². The van der Waals surface area contributed by atoms with Crippen LogP contribution in [0.25, 0.3) is 0 Å². The predicted molar refractivity (Wildman–Crippen MR) is 113 cm³/mol. The highest BCUT2D eigenvalue weighted by atomic mass is 35.5. The SMILES string of the molecule is C[C@@H]1CCN(C(=O)CNc2cc3c(cc2Cl)NC(=O)CO3)c2ccccc2S1. The van der Waals surface area contributed by atoms with E-state index in [1.54, 1.807) is 23.9 Å². The monoisotopic (exact) mass is 417 g/mol. The molecule has 28 heavy (non-hydrogen) atoms. The van der Waals surface area contributed by atoms with Crippen LogP contribution in [0, 0.1) is 0 Å². The minimum atomic E-state index is -0.216. The largest absolute Gasteiger partial charge is 0.482 e. The summed E-state index contributed by atoms with van der Waals surface area (Å²) in [7, 11) is 0. The number of benzene rings is 2. The van der Waals surface area contributed by atoms with Gasteiger partial charge in [-0.05, 0) is 24.6 Å². The molecule has 2 N–H and O–H groups in total. The van der Waals surface area contributed by atoms with E-state index in [1.165, 1.54) is 0 Å². The molecule has 6 nitrogen and oxygen atoms in total. The average Bonchev–Trinajstić information content (AvgIpc) is 2.84. The Morgan fingerprint density at radius 2 is 2.21 bits per heavy atom. The summed E-state index contributed by atoms with van der Waals surface area (Å²) in [6, 6.07) is 11.3. The molecule has 2 aliphatic heterocycles. The van der Waals surface area contributed by atoms with Crippen LogP contribution >= 0.6 is 23.4 Å². The number of carbonyl (C=O) groups is 2. The standard InChI is InChI=1S/C20H20ClN3O3S/c1-12-6-7-24(16-4-2-3-5-18(16)28-12)20(26)10-22-14-9-17-15(8-13(14)21)23-19(25)11-27-17/h2-5,8-9,12,22H,6-7,10-11H2,1H3,(H,23,25)/t12-/m1/s1. The third kappa shape index (κ3) is 3.91. The molecule has 0 saturated heterocycles. The van der Waals surface area contributed by atoms with Gasteiger partial charge in [-0.15, -0.1) is 11.8 Å². The van der Waals surface area contributed by atoms with Crippen molar-refractivity contribution in [1.82, 2.24) is 0 Å². The van der Waals surface area contributed by atoms with Gasteiger partial charge in [0.05, 0.1) is 28.6 Å². The van der Waals surface area contributed by atoms with Gasteiger partial charge >= 0.3 is 0 Å². The molecule has 2 aromatic carbocycles. The van der Waals surface area contributed by atoms with Gasteiger partial charge in [0.15, 0.2) is 6.61 Å². The summed E-state index contributed by atoms with van der Waals surface area (Å²) in [6.07, 6.45) is 0.929. The van der Waals surface area contributed by atoms with Gasteiger partial charge < -0.3 is 20.3 Å². The Morgan fingerprint density at radius 3 is 3.07 bits per heavy atom. The van der Waals surface area contributed by atoms with Gasteiger partial charge in [0.1, 0.15) is 5.75 Å². The van der Waals surface area contributed by atoms with Crippen LogP contribution in [-0.4, -0.2) is 36.8 Å². The van der Waals surface area contributed by atoms with Crippen LogP contribution in [0.4, 0.5) is 17.1 Å². The third-order valence-electron chi connectivity index (χ3n) is 4.68. The third-order valence-corrected chi connectivity index (χ3v) is 6.23. The van der Waals surface area contributed by atoms with Crippen molar-refractivity contribution in [3.63, 3.8) is 0 Å². The van der Waals surface area contributed by atoms with Gasteiger partial charge in [-0.3, -0.25) is 9.59 Å². The summed E-state index contributed by atoms with van der Waals surface area (Å²) in [5.74, 6) is 0.292. The molecule has 146 valence electrons. The fraction of sp³-hybridized carbons (Fsp3) is 0.300. The Balaban J connectivity index is 1.50. The number of thioether (sulfide) groups is 1. The Morgan fingerprint density at radius 1 is 1.39 bits per heavy atom. The minimum absolute atomic E-state index is 0.0230. The number of nitrogens with zero attached hydrogens (tertiary/aromatic N) is 1. The highest BCUT2D eigenvalue weighted by molar-refractivity contribution is 8.00. The van der Waals surface area contributed by atoms with E-state index in [1.807, 2.05) is 23.1 Å².